The van der Waals surface area contributed by atoms with Gasteiger partial charge in [0.05, 0.1) is 0 Å². The predicted molar refractivity (Wildman–Crippen MR) is 147 cm³/mol. The van der Waals surface area contributed by atoms with Crippen molar-refractivity contribution in [2.75, 3.05) is 11.9 Å². The van der Waals surface area contributed by atoms with Crippen molar-refractivity contribution in [3.8, 4) is 11.1 Å². The van der Waals surface area contributed by atoms with Gasteiger partial charge in [-0.05, 0) is 79.3 Å². The summed E-state index contributed by atoms with van der Waals surface area (Å²) in [7, 11) is 0. The Kier molecular flexibility index (Phi) is 6.19. The Balaban J connectivity index is 1.20. The van der Waals surface area contributed by atoms with Gasteiger partial charge in [0.1, 0.15) is 6.04 Å². The quantitative estimate of drug-likeness (QED) is 0.415. The molecule has 2 aliphatic heterocycles. The Morgan fingerprint density at radius 2 is 1.62 bits per heavy atom. The number of fused-ring (bicyclic) bond motifs is 2. The largest absolute Gasteiger partial charge is 0.374 e. The van der Waals surface area contributed by atoms with E-state index in [4.69, 9.17) is 0 Å². The first-order valence-corrected chi connectivity index (χ1v) is 12.9. The zero-order valence-corrected chi connectivity index (χ0v) is 20.6. The lowest BCUT2D eigenvalue weighted by Crippen LogP contribution is -2.35. The number of ketones is 1. The molecule has 184 valence electrons. The molecule has 0 saturated heterocycles. The second-order valence-corrected chi connectivity index (χ2v) is 9.67. The van der Waals surface area contributed by atoms with Gasteiger partial charge in [-0.3, -0.25) is 9.59 Å². The van der Waals surface area contributed by atoms with Crippen LogP contribution in [0.4, 0.5) is 5.69 Å². The summed E-state index contributed by atoms with van der Waals surface area (Å²) in [5.41, 5.74) is 7.36. The van der Waals surface area contributed by atoms with Crippen LogP contribution in [0.15, 0.2) is 114 Å². The highest BCUT2D eigenvalue weighted by Crippen LogP contribution is 2.34. The molecule has 0 saturated carbocycles. The Hall–Kier alpha value is -4.38. The second-order valence-electron chi connectivity index (χ2n) is 9.67. The average molecular weight is 488 g/mol. The number of nitrogens with one attached hydrogen (secondary N) is 2. The number of hydrogen-bond donors (Lipinski definition) is 2. The highest BCUT2D eigenvalue weighted by Gasteiger charge is 2.30. The van der Waals surface area contributed by atoms with Gasteiger partial charge in [0.2, 0.25) is 0 Å². The van der Waals surface area contributed by atoms with E-state index >= 15 is 0 Å². The highest BCUT2D eigenvalue weighted by molar-refractivity contribution is 6.09. The van der Waals surface area contributed by atoms with E-state index in [0.29, 0.717) is 16.8 Å². The van der Waals surface area contributed by atoms with Gasteiger partial charge >= 0.3 is 0 Å². The normalized spacial score (nSPS) is 18.3. The third-order valence-electron chi connectivity index (χ3n) is 7.29. The second kappa shape index (κ2) is 9.94. The maximum absolute atomic E-state index is 13.5. The van der Waals surface area contributed by atoms with Crippen molar-refractivity contribution in [1.82, 2.24) is 10.2 Å². The minimum atomic E-state index is -0.413. The number of rotatable bonds is 5. The van der Waals surface area contributed by atoms with Crippen molar-refractivity contribution in [3.63, 3.8) is 0 Å². The lowest BCUT2D eigenvalue weighted by atomic mass is 9.98. The number of carbonyl (C=O) groups excluding carboxylic acids is 2. The molecule has 1 unspecified atom stereocenters. The Morgan fingerprint density at radius 3 is 2.46 bits per heavy atom. The lowest BCUT2D eigenvalue weighted by Gasteiger charge is -2.28. The highest BCUT2D eigenvalue weighted by atomic mass is 16.1. The number of hydrogen-bond acceptors (Lipinski definition) is 4. The van der Waals surface area contributed by atoms with E-state index in [0.717, 1.165) is 42.6 Å². The van der Waals surface area contributed by atoms with E-state index in [1.54, 1.807) is 24.3 Å². The molecule has 0 aromatic heterocycles. The number of amides is 1. The van der Waals surface area contributed by atoms with Crippen molar-refractivity contribution in [2.24, 2.45) is 0 Å². The van der Waals surface area contributed by atoms with Crippen LogP contribution in [0.3, 0.4) is 0 Å². The number of allylic oxidation sites excluding steroid dienone is 3. The van der Waals surface area contributed by atoms with Gasteiger partial charge in [-0.15, -0.1) is 0 Å². The molecule has 5 nitrogen and oxygen atoms in total. The summed E-state index contributed by atoms with van der Waals surface area (Å²) in [6, 6.07) is 24.2. The standard InChI is InChI=1S/C32H29N3O2/c36-31(29-21-25-11-8-20-35(25)30-15-7-6-14-28(30)34-29)23-16-18-24(19-17-23)33-32(37)27-13-5-4-12-26(27)22-9-2-1-3-10-22/h1-5,8-13,16-19,21,29,34H,6-7,14-15,20H2,(H,33,37). The molecule has 0 spiro atoms. The van der Waals surface area contributed by atoms with Gasteiger partial charge in [0.25, 0.3) is 5.91 Å². The molecule has 3 aromatic carbocycles. The first kappa shape index (κ1) is 23.0. The Bertz CT molecular complexity index is 1430. The maximum Gasteiger partial charge on any atom is 0.256 e. The van der Waals surface area contributed by atoms with E-state index in [9.17, 15) is 9.59 Å². The summed E-state index contributed by atoms with van der Waals surface area (Å²) in [5, 5.41) is 6.53. The van der Waals surface area contributed by atoms with Crippen molar-refractivity contribution >= 4 is 17.4 Å². The van der Waals surface area contributed by atoms with Crippen LogP contribution in [0.25, 0.3) is 11.1 Å². The summed E-state index contributed by atoms with van der Waals surface area (Å²) in [6.45, 7) is 0.870. The fourth-order valence-corrected chi connectivity index (χ4v) is 5.42. The van der Waals surface area contributed by atoms with Gasteiger partial charge in [0, 0.05) is 40.5 Å². The van der Waals surface area contributed by atoms with Crippen LogP contribution < -0.4 is 10.6 Å². The van der Waals surface area contributed by atoms with Crippen molar-refractivity contribution in [1.29, 1.82) is 0 Å². The predicted octanol–water partition coefficient (Wildman–Crippen LogP) is 6.30. The fraction of sp³-hybridized carbons (Fsp3) is 0.188. The third kappa shape index (κ3) is 4.60. The zero-order chi connectivity index (χ0) is 25.2. The van der Waals surface area contributed by atoms with E-state index in [2.05, 4.69) is 27.7 Å². The summed E-state index contributed by atoms with van der Waals surface area (Å²) in [4.78, 5) is 29.0. The van der Waals surface area contributed by atoms with Crippen LogP contribution in [0, 0.1) is 0 Å². The molecular formula is C32H29N3O2. The van der Waals surface area contributed by atoms with E-state index in [1.165, 1.54) is 17.8 Å². The molecule has 1 atom stereocenters. The number of anilines is 1. The average Bonchev–Trinajstić information content (AvgIpc) is 3.35. The first-order valence-electron chi connectivity index (χ1n) is 12.9. The van der Waals surface area contributed by atoms with Gasteiger partial charge in [-0.25, -0.2) is 0 Å². The molecule has 3 aliphatic rings. The number of nitrogens with zero attached hydrogens (tertiary/aromatic N) is 1. The van der Waals surface area contributed by atoms with Crippen LogP contribution in [-0.4, -0.2) is 29.2 Å². The van der Waals surface area contributed by atoms with E-state index < -0.39 is 6.04 Å². The Morgan fingerprint density at radius 1 is 0.865 bits per heavy atom. The van der Waals surface area contributed by atoms with Gasteiger partial charge in [0.15, 0.2) is 5.78 Å². The minimum Gasteiger partial charge on any atom is -0.374 e. The fourth-order valence-electron chi connectivity index (χ4n) is 5.42. The van der Waals surface area contributed by atoms with Crippen LogP contribution >= 0.6 is 0 Å². The molecule has 5 heteroatoms. The van der Waals surface area contributed by atoms with Gasteiger partial charge < -0.3 is 15.5 Å². The summed E-state index contributed by atoms with van der Waals surface area (Å²) in [6.07, 6.45) is 10.7. The summed E-state index contributed by atoms with van der Waals surface area (Å²) < 4.78 is 0. The van der Waals surface area contributed by atoms with Gasteiger partial charge in [-0.2, -0.15) is 0 Å². The molecule has 37 heavy (non-hydrogen) atoms. The van der Waals surface area contributed by atoms with Gasteiger partial charge in [-0.1, -0.05) is 54.6 Å². The minimum absolute atomic E-state index is 0.0272. The van der Waals surface area contributed by atoms with Crippen LogP contribution in [0.5, 0.6) is 0 Å². The van der Waals surface area contributed by atoms with Crippen LogP contribution in [-0.2, 0) is 0 Å². The number of benzene rings is 3. The molecule has 2 heterocycles. The van der Waals surface area contributed by atoms with Crippen molar-refractivity contribution < 1.29 is 9.59 Å². The third-order valence-corrected chi connectivity index (χ3v) is 7.29. The van der Waals surface area contributed by atoms with Crippen LogP contribution in [0.2, 0.25) is 0 Å². The molecule has 6 rings (SSSR count). The van der Waals surface area contributed by atoms with Crippen molar-refractivity contribution in [2.45, 2.75) is 31.7 Å². The summed E-state index contributed by atoms with van der Waals surface area (Å²) >= 11 is 0. The molecule has 0 radical (unpaired) electrons. The van der Waals surface area contributed by atoms with Crippen molar-refractivity contribution in [3.05, 3.63) is 125 Å². The maximum atomic E-state index is 13.5. The van der Waals surface area contributed by atoms with Crippen LogP contribution in [0.1, 0.15) is 46.4 Å². The molecule has 0 bridgehead atoms. The SMILES string of the molecule is O=C(Nc1ccc(C(=O)C2C=C3C=CCN3C3=C(CCCC3)N2)cc1)c1ccccc1-c1ccccc1. The molecule has 0 fully saturated rings. The summed E-state index contributed by atoms with van der Waals surface area (Å²) in [5.74, 6) is -0.155. The lowest BCUT2D eigenvalue weighted by molar-refractivity contribution is 0.0966. The monoisotopic (exact) mass is 487 g/mol. The number of carbonyl (C=O) groups is 2. The number of Topliss-reactive ketones (excluding diaryl/α,β-unsaturated/α-hetero) is 1. The molecule has 3 aromatic rings. The molecular weight excluding hydrogens is 458 g/mol. The molecule has 1 aliphatic carbocycles. The zero-order valence-electron chi connectivity index (χ0n) is 20.6. The first-order chi connectivity index (χ1) is 18.2. The van der Waals surface area contributed by atoms with E-state index in [-0.39, 0.29) is 11.7 Å². The smallest absolute Gasteiger partial charge is 0.256 e. The van der Waals surface area contributed by atoms with E-state index in [1.807, 2.05) is 60.7 Å². The molecule has 1 amide bonds. The Labute approximate surface area is 217 Å². The molecule has 2 N–H and O–H groups in total. The topological polar surface area (TPSA) is 61.4 Å².